The van der Waals surface area contributed by atoms with Gasteiger partial charge in [-0.1, -0.05) is 18.2 Å². The number of Topliss-reactive ketones (excluding diaryl/α,β-unsaturated/α-hetero) is 1. The lowest BCUT2D eigenvalue weighted by Gasteiger charge is -2.11. The van der Waals surface area contributed by atoms with E-state index in [1.165, 1.54) is 25.1 Å². The summed E-state index contributed by atoms with van der Waals surface area (Å²) in [6.07, 6.45) is -4.53. The van der Waals surface area contributed by atoms with E-state index in [2.05, 4.69) is 5.32 Å². The number of anilines is 1. The number of alkyl halides is 3. The molecule has 0 aliphatic carbocycles. The fraction of sp³-hybridized carbons (Fsp3) is 0.211. The zero-order chi connectivity index (χ0) is 20.7. The Hall–Kier alpha value is -3.36. The quantitative estimate of drug-likeness (QED) is 0.574. The SMILES string of the molecule is CC(=O)c1ccccc1NC(=O)COC(=O)COc1cccc(C(F)(F)F)c1. The second kappa shape index (κ2) is 9.03. The molecule has 0 spiro atoms. The number of halogens is 3. The van der Waals surface area contributed by atoms with Crippen LogP contribution in [-0.2, 0) is 20.5 Å². The third kappa shape index (κ3) is 6.11. The van der Waals surface area contributed by atoms with Crippen molar-refractivity contribution in [2.45, 2.75) is 13.1 Å². The molecule has 1 amide bonds. The van der Waals surface area contributed by atoms with Gasteiger partial charge in [0.05, 0.1) is 11.3 Å². The van der Waals surface area contributed by atoms with Crippen molar-refractivity contribution in [2.75, 3.05) is 18.5 Å². The third-order valence-corrected chi connectivity index (χ3v) is 3.46. The van der Waals surface area contributed by atoms with E-state index >= 15 is 0 Å². The molecule has 9 heteroatoms. The Bertz CT molecular complexity index is 880. The summed E-state index contributed by atoms with van der Waals surface area (Å²) in [5.74, 6) is -2.03. The van der Waals surface area contributed by atoms with E-state index in [0.717, 1.165) is 18.2 Å². The first kappa shape index (κ1) is 20.9. The van der Waals surface area contributed by atoms with E-state index < -0.39 is 36.8 Å². The summed E-state index contributed by atoms with van der Waals surface area (Å²) in [6, 6.07) is 10.3. The molecule has 28 heavy (non-hydrogen) atoms. The summed E-state index contributed by atoms with van der Waals surface area (Å²) in [4.78, 5) is 35.0. The molecule has 0 unspecified atom stereocenters. The van der Waals surface area contributed by atoms with Crippen LogP contribution in [0.5, 0.6) is 5.75 Å². The van der Waals surface area contributed by atoms with Crippen LogP contribution in [0.4, 0.5) is 18.9 Å². The van der Waals surface area contributed by atoms with Crippen molar-refractivity contribution in [3.8, 4) is 5.75 Å². The normalized spacial score (nSPS) is 10.9. The molecular weight excluding hydrogens is 379 g/mol. The van der Waals surface area contributed by atoms with Crippen LogP contribution in [0.1, 0.15) is 22.8 Å². The topological polar surface area (TPSA) is 81.7 Å². The van der Waals surface area contributed by atoms with Crippen molar-refractivity contribution < 1.29 is 37.0 Å². The zero-order valence-corrected chi connectivity index (χ0v) is 14.7. The van der Waals surface area contributed by atoms with Crippen LogP contribution in [0, 0.1) is 0 Å². The standard InChI is InChI=1S/C19H16F3NO5/c1-12(24)15-7-2-3-8-16(15)23-17(25)10-28-18(26)11-27-14-6-4-5-13(9-14)19(20,21)22/h2-9H,10-11H2,1H3,(H,23,25). The van der Waals surface area contributed by atoms with E-state index in [-0.39, 0.29) is 17.2 Å². The molecule has 6 nitrogen and oxygen atoms in total. The van der Waals surface area contributed by atoms with Crippen molar-refractivity contribution in [3.05, 3.63) is 59.7 Å². The Morgan fingerprint density at radius 2 is 1.71 bits per heavy atom. The highest BCUT2D eigenvalue weighted by Gasteiger charge is 2.30. The molecule has 0 aliphatic rings. The van der Waals surface area contributed by atoms with Crippen LogP contribution >= 0.6 is 0 Å². The highest BCUT2D eigenvalue weighted by Crippen LogP contribution is 2.31. The molecule has 2 aromatic rings. The van der Waals surface area contributed by atoms with Crippen molar-refractivity contribution in [2.24, 2.45) is 0 Å². The summed E-state index contributed by atoms with van der Waals surface area (Å²) in [5, 5.41) is 2.44. The van der Waals surface area contributed by atoms with Gasteiger partial charge in [0, 0.05) is 5.56 Å². The number of para-hydroxylation sites is 1. The molecule has 0 bridgehead atoms. The Labute approximate surface area is 158 Å². The lowest BCUT2D eigenvalue weighted by Crippen LogP contribution is -2.24. The minimum absolute atomic E-state index is 0.161. The fourth-order valence-electron chi connectivity index (χ4n) is 2.18. The molecular formula is C19H16F3NO5. The first-order valence-electron chi connectivity index (χ1n) is 8.02. The van der Waals surface area contributed by atoms with Gasteiger partial charge in [0.15, 0.2) is 19.0 Å². The summed E-state index contributed by atoms with van der Waals surface area (Å²) in [5.41, 5.74) is -0.340. The Kier molecular flexibility index (Phi) is 6.75. The highest BCUT2D eigenvalue weighted by molar-refractivity contribution is 6.04. The van der Waals surface area contributed by atoms with E-state index in [1.807, 2.05) is 0 Å². The lowest BCUT2D eigenvalue weighted by molar-refractivity contribution is -0.149. The van der Waals surface area contributed by atoms with Crippen molar-refractivity contribution in [3.63, 3.8) is 0 Å². The second-order valence-corrected chi connectivity index (χ2v) is 5.62. The van der Waals surface area contributed by atoms with Crippen LogP contribution in [-0.4, -0.2) is 30.9 Å². The molecule has 0 atom stereocenters. The van der Waals surface area contributed by atoms with Gasteiger partial charge in [0.1, 0.15) is 5.75 Å². The molecule has 0 saturated heterocycles. The minimum Gasteiger partial charge on any atom is -0.482 e. The summed E-state index contributed by atoms with van der Waals surface area (Å²) in [7, 11) is 0. The van der Waals surface area contributed by atoms with E-state index in [4.69, 9.17) is 9.47 Å². The largest absolute Gasteiger partial charge is 0.482 e. The van der Waals surface area contributed by atoms with E-state index in [1.54, 1.807) is 12.1 Å². The second-order valence-electron chi connectivity index (χ2n) is 5.62. The molecule has 1 N–H and O–H groups in total. The maximum Gasteiger partial charge on any atom is 0.416 e. The number of esters is 1. The minimum atomic E-state index is -4.53. The predicted octanol–water partition coefficient (Wildman–Crippen LogP) is 3.47. The van der Waals surface area contributed by atoms with Gasteiger partial charge >= 0.3 is 12.1 Å². The number of hydrogen-bond donors (Lipinski definition) is 1. The van der Waals surface area contributed by atoms with Gasteiger partial charge in [-0.15, -0.1) is 0 Å². The fourth-order valence-corrected chi connectivity index (χ4v) is 2.18. The molecule has 0 fully saturated rings. The molecule has 0 aliphatic heterocycles. The van der Waals surface area contributed by atoms with Crippen LogP contribution < -0.4 is 10.1 Å². The number of hydrogen-bond acceptors (Lipinski definition) is 5. The van der Waals surface area contributed by atoms with Gasteiger partial charge in [-0.2, -0.15) is 13.2 Å². The van der Waals surface area contributed by atoms with Crippen LogP contribution in [0.2, 0.25) is 0 Å². The number of ketones is 1. The molecule has 0 saturated carbocycles. The maximum absolute atomic E-state index is 12.6. The Balaban J connectivity index is 1.83. The van der Waals surface area contributed by atoms with Crippen LogP contribution in [0.3, 0.4) is 0 Å². The van der Waals surface area contributed by atoms with Gasteiger partial charge in [-0.25, -0.2) is 4.79 Å². The molecule has 2 rings (SSSR count). The number of carbonyl (C=O) groups excluding carboxylic acids is 3. The number of rotatable bonds is 7. The van der Waals surface area contributed by atoms with E-state index in [0.29, 0.717) is 5.56 Å². The average molecular weight is 395 g/mol. The predicted molar refractivity (Wildman–Crippen MR) is 93.0 cm³/mol. The van der Waals surface area contributed by atoms with Crippen molar-refractivity contribution in [1.82, 2.24) is 0 Å². The summed E-state index contributed by atoms with van der Waals surface area (Å²) >= 11 is 0. The monoisotopic (exact) mass is 395 g/mol. The van der Waals surface area contributed by atoms with Gasteiger partial charge < -0.3 is 14.8 Å². The lowest BCUT2D eigenvalue weighted by atomic mass is 10.1. The highest BCUT2D eigenvalue weighted by atomic mass is 19.4. The zero-order valence-electron chi connectivity index (χ0n) is 14.7. The number of ether oxygens (including phenoxy) is 2. The van der Waals surface area contributed by atoms with E-state index in [9.17, 15) is 27.6 Å². The third-order valence-electron chi connectivity index (χ3n) is 3.46. The van der Waals surface area contributed by atoms with Crippen LogP contribution in [0.25, 0.3) is 0 Å². The van der Waals surface area contributed by atoms with Crippen molar-refractivity contribution >= 4 is 23.3 Å². The van der Waals surface area contributed by atoms with Gasteiger partial charge in [0.25, 0.3) is 5.91 Å². The Morgan fingerprint density at radius 1 is 1.00 bits per heavy atom. The summed E-state index contributed by atoms with van der Waals surface area (Å²) in [6.45, 7) is 0.0335. The van der Waals surface area contributed by atoms with Crippen molar-refractivity contribution in [1.29, 1.82) is 0 Å². The molecule has 0 heterocycles. The number of carbonyl (C=O) groups is 3. The maximum atomic E-state index is 12.6. The van der Waals surface area contributed by atoms with Gasteiger partial charge in [-0.3, -0.25) is 9.59 Å². The average Bonchev–Trinajstić information content (AvgIpc) is 2.64. The van der Waals surface area contributed by atoms with Crippen LogP contribution in [0.15, 0.2) is 48.5 Å². The molecule has 0 radical (unpaired) electrons. The number of benzene rings is 2. The van der Waals surface area contributed by atoms with Gasteiger partial charge in [0.2, 0.25) is 0 Å². The van der Waals surface area contributed by atoms with Gasteiger partial charge in [-0.05, 0) is 37.3 Å². The first-order chi connectivity index (χ1) is 13.2. The molecule has 0 aromatic heterocycles. The first-order valence-corrected chi connectivity index (χ1v) is 8.02. The number of nitrogens with one attached hydrogen (secondary N) is 1. The number of amides is 1. The summed E-state index contributed by atoms with van der Waals surface area (Å²) < 4.78 is 47.5. The smallest absolute Gasteiger partial charge is 0.416 e. The molecule has 2 aromatic carbocycles. The Morgan fingerprint density at radius 3 is 2.39 bits per heavy atom. The molecule has 148 valence electrons.